The van der Waals surface area contributed by atoms with Gasteiger partial charge >= 0.3 is 0 Å². The molecule has 3 heterocycles. The molecule has 0 saturated carbocycles. The molecule has 0 N–H and O–H groups in total. The molecule has 238 valence electrons. The van der Waals surface area contributed by atoms with Crippen molar-refractivity contribution in [1.29, 1.82) is 0 Å². The van der Waals surface area contributed by atoms with Gasteiger partial charge in [-0.3, -0.25) is 0 Å². The molecule has 0 fully saturated rings. The Bertz CT molecular complexity index is 3130. The second-order valence-electron chi connectivity index (χ2n) is 13.3. The lowest BCUT2D eigenvalue weighted by molar-refractivity contribution is 0.669. The Morgan fingerprint density at radius 1 is 0.314 bits per heavy atom. The molecule has 3 aromatic heterocycles. The molecule has 3 heteroatoms. The molecule has 11 rings (SSSR count). The van der Waals surface area contributed by atoms with Crippen LogP contribution in [0.15, 0.2) is 186 Å². The molecule has 0 aliphatic heterocycles. The Morgan fingerprint density at radius 2 is 0.941 bits per heavy atom. The second-order valence-corrected chi connectivity index (χ2v) is 13.3. The third-order valence-corrected chi connectivity index (χ3v) is 10.5. The van der Waals surface area contributed by atoms with Crippen molar-refractivity contribution >= 4 is 65.6 Å². The molecule has 51 heavy (non-hydrogen) atoms. The van der Waals surface area contributed by atoms with Crippen LogP contribution < -0.4 is 0 Å². The average Bonchev–Trinajstić information content (AvgIpc) is 3.85. The number of benzene rings is 8. The molecule has 0 spiro atoms. The zero-order valence-corrected chi connectivity index (χ0v) is 27.6. The van der Waals surface area contributed by atoms with Crippen molar-refractivity contribution < 1.29 is 4.42 Å². The summed E-state index contributed by atoms with van der Waals surface area (Å²) in [5, 5.41) is 7.21. The van der Waals surface area contributed by atoms with Crippen LogP contribution in [0.1, 0.15) is 0 Å². The van der Waals surface area contributed by atoms with Gasteiger partial charge in [0.2, 0.25) is 0 Å². The first-order valence-electron chi connectivity index (χ1n) is 17.4. The van der Waals surface area contributed by atoms with Crippen molar-refractivity contribution in [2.24, 2.45) is 0 Å². The lowest BCUT2D eigenvalue weighted by Gasteiger charge is -2.15. The quantitative estimate of drug-likeness (QED) is 0.186. The topological polar surface area (TPSA) is 23.0 Å². The summed E-state index contributed by atoms with van der Waals surface area (Å²) in [5.74, 6) is 0. The Hall–Kier alpha value is -6.84. The summed E-state index contributed by atoms with van der Waals surface area (Å²) in [6.07, 6.45) is 0. The predicted molar refractivity (Wildman–Crippen MR) is 213 cm³/mol. The van der Waals surface area contributed by atoms with Crippen LogP contribution >= 0.6 is 0 Å². The normalized spacial score (nSPS) is 11.9. The SMILES string of the molecule is c1ccc(-c2cc3c(cc2-c2cccc4c2c2ccccc2n4-c2ccc4oc5ccccc5c4c2)c2ccccc2n3-c2ccccc2)cc1. The number of hydrogen-bond donors (Lipinski definition) is 0. The fourth-order valence-corrected chi connectivity index (χ4v) is 8.32. The Labute approximate surface area is 293 Å². The maximum atomic E-state index is 6.22. The van der Waals surface area contributed by atoms with E-state index in [1.807, 2.05) is 12.1 Å². The van der Waals surface area contributed by atoms with E-state index in [9.17, 15) is 0 Å². The highest BCUT2D eigenvalue weighted by molar-refractivity contribution is 6.19. The van der Waals surface area contributed by atoms with Crippen LogP contribution in [-0.4, -0.2) is 9.13 Å². The van der Waals surface area contributed by atoms with E-state index in [4.69, 9.17) is 4.42 Å². The van der Waals surface area contributed by atoms with Crippen LogP contribution in [0.3, 0.4) is 0 Å². The molecule has 0 aliphatic carbocycles. The average molecular weight is 651 g/mol. The van der Waals surface area contributed by atoms with E-state index in [1.165, 1.54) is 65.9 Å². The predicted octanol–water partition coefficient (Wildman–Crippen LogP) is 13.1. The molecule has 0 saturated heterocycles. The molecule has 3 nitrogen and oxygen atoms in total. The van der Waals surface area contributed by atoms with Gasteiger partial charge in [-0.1, -0.05) is 115 Å². The number of fused-ring (bicyclic) bond motifs is 9. The molecule has 11 aromatic rings. The molecule has 0 amide bonds. The molecule has 0 radical (unpaired) electrons. The van der Waals surface area contributed by atoms with Crippen LogP contribution in [0.4, 0.5) is 0 Å². The van der Waals surface area contributed by atoms with E-state index in [-0.39, 0.29) is 0 Å². The molecule has 8 aromatic carbocycles. The molecular formula is C48H30N2O. The van der Waals surface area contributed by atoms with E-state index >= 15 is 0 Å². The number of rotatable bonds is 4. The summed E-state index contributed by atoms with van der Waals surface area (Å²) in [5.41, 5.74) is 13.7. The number of furan rings is 1. The van der Waals surface area contributed by atoms with Crippen molar-refractivity contribution in [2.45, 2.75) is 0 Å². The van der Waals surface area contributed by atoms with Gasteiger partial charge in [-0.25, -0.2) is 0 Å². The van der Waals surface area contributed by atoms with Gasteiger partial charge in [0.05, 0.1) is 22.1 Å². The third kappa shape index (κ3) is 4.12. The molecule has 0 bridgehead atoms. The number of para-hydroxylation sites is 4. The zero-order valence-electron chi connectivity index (χ0n) is 27.6. The van der Waals surface area contributed by atoms with E-state index in [1.54, 1.807) is 0 Å². The smallest absolute Gasteiger partial charge is 0.135 e. The summed E-state index contributed by atoms with van der Waals surface area (Å²) >= 11 is 0. The maximum absolute atomic E-state index is 6.22. The molecular weight excluding hydrogens is 621 g/mol. The molecule has 0 unspecified atom stereocenters. The highest BCUT2D eigenvalue weighted by atomic mass is 16.3. The van der Waals surface area contributed by atoms with Gasteiger partial charge in [0.1, 0.15) is 11.2 Å². The van der Waals surface area contributed by atoms with E-state index in [2.05, 4.69) is 179 Å². The number of nitrogens with zero attached hydrogens (tertiary/aromatic N) is 2. The van der Waals surface area contributed by atoms with Crippen molar-refractivity contribution in [2.75, 3.05) is 0 Å². The van der Waals surface area contributed by atoms with Crippen molar-refractivity contribution in [1.82, 2.24) is 9.13 Å². The number of hydrogen-bond acceptors (Lipinski definition) is 1. The molecule has 0 aliphatic rings. The summed E-state index contributed by atoms with van der Waals surface area (Å²) in [6, 6.07) is 65.6. The van der Waals surface area contributed by atoms with Gasteiger partial charge in [-0.2, -0.15) is 0 Å². The zero-order chi connectivity index (χ0) is 33.5. The first-order valence-corrected chi connectivity index (χ1v) is 17.4. The summed E-state index contributed by atoms with van der Waals surface area (Å²) in [4.78, 5) is 0. The highest BCUT2D eigenvalue weighted by Crippen LogP contribution is 2.45. The largest absolute Gasteiger partial charge is 0.456 e. The maximum Gasteiger partial charge on any atom is 0.135 e. The third-order valence-electron chi connectivity index (χ3n) is 10.5. The summed E-state index contributed by atoms with van der Waals surface area (Å²) in [7, 11) is 0. The van der Waals surface area contributed by atoms with Gasteiger partial charge < -0.3 is 13.6 Å². The first-order chi connectivity index (χ1) is 25.3. The lowest BCUT2D eigenvalue weighted by atomic mass is 9.90. The van der Waals surface area contributed by atoms with Gasteiger partial charge in [0.15, 0.2) is 0 Å². The summed E-state index contributed by atoms with van der Waals surface area (Å²) < 4.78 is 11.0. The standard InChI is InChI=1S/C48H30N2O/c1-3-14-31(15-4-1)38-30-45-40(34-18-7-10-22-42(34)49(45)32-16-5-2-6-17-32)29-39(38)36-21-13-24-44-48(36)37-20-8-11-23-43(37)50(44)33-26-27-47-41(28-33)35-19-9-12-25-46(35)51-47/h1-30H. The Morgan fingerprint density at radius 3 is 1.76 bits per heavy atom. The fourth-order valence-electron chi connectivity index (χ4n) is 8.32. The van der Waals surface area contributed by atoms with Gasteiger partial charge in [0.25, 0.3) is 0 Å². The van der Waals surface area contributed by atoms with Crippen molar-refractivity contribution in [3.63, 3.8) is 0 Å². The van der Waals surface area contributed by atoms with Crippen LogP contribution in [0.25, 0.3) is 99.2 Å². The summed E-state index contributed by atoms with van der Waals surface area (Å²) in [6.45, 7) is 0. The minimum atomic E-state index is 0.900. The number of aromatic nitrogens is 2. The highest BCUT2D eigenvalue weighted by Gasteiger charge is 2.21. The van der Waals surface area contributed by atoms with E-state index < -0.39 is 0 Å². The monoisotopic (exact) mass is 650 g/mol. The second kappa shape index (κ2) is 10.8. The molecule has 0 atom stereocenters. The fraction of sp³-hybridized carbons (Fsp3) is 0. The van der Waals surface area contributed by atoms with E-state index in [0.29, 0.717) is 0 Å². The van der Waals surface area contributed by atoms with Gasteiger partial charge in [-0.15, -0.1) is 0 Å². The van der Waals surface area contributed by atoms with Crippen molar-refractivity contribution in [3.05, 3.63) is 182 Å². The lowest BCUT2D eigenvalue weighted by Crippen LogP contribution is -1.95. The van der Waals surface area contributed by atoms with Crippen LogP contribution in [-0.2, 0) is 0 Å². The minimum absolute atomic E-state index is 0.900. The van der Waals surface area contributed by atoms with Crippen molar-refractivity contribution in [3.8, 4) is 33.6 Å². The van der Waals surface area contributed by atoms with Crippen LogP contribution in [0.5, 0.6) is 0 Å². The van der Waals surface area contributed by atoms with E-state index in [0.717, 1.165) is 33.3 Å². The van der Waals surface area contributed by atoms with Crippen LogP contribution in [0.2, 0.25) is 0 Å². The Balaban J connectivity index is 1.24. The minimum Gasteiger partial charge on any atom is -0.456 e. The Kier molecular flexibility index (Phi) is 5.96. The van der Waals surface area contributed by atoms with Gasteiger partial charge in [-0.05, 0) is 89.0 Å². The van der Waals surface area contributed by atoms with Gasteiger partial charge in [0, 0.05) is 43.7 Å². The van der Waals surface area contributed by atoms with Crippen LogP contribution in [0, 0.1) is 0 Å². The first kappa shape index (κ1) is 28.0.